The number of carbonyl (C=O) groups excluding carboxylic acids is 1. The van der Waals surface area contributed by atoms with Crippen LogP contribution in [0.5, 0.6) is 0 Å². The first-order valence-electron chi connectivity index (χ1n) is 6.69. The number of anilines is 1. The maximum absolute atomic E-state index is 11.9. The molecule has 2 rings (SSSR count). The first-order valence-corrected chi connectivity index (χ1v) is 7.86. The first-order chi connectivity index (χ1) is 10.0. The van der Waals surface area contributed by atoms with Crippen LogP contribution in [0.15, 0.2) is 53.0 Å². The van der Waals surface area contributed by atoms with E-state index in [0.29, 0.717) is 6.54 Å². The normalized spacial score (nSPS) is 12.0. The van der Waals surface area contributed by atoms with Crippen molar-refractivity contribution in [2.45, 2.75) is 13.0 Å². The zero-order valence-electron chi connectivity index (χ0n) is 11.6. The summed E-state index contributed by atoms with van der Waals surface area (Å²) in [5, 5.41) is 5.59. The summed E-state index contributed by atoms with van der Waals surface area (Å²) in [6.45, 7) is 2.44. The van der Waals surface area contributed by atoms with E-state index in [-0.39, 0.29) is 11.9 Å². The number of nitrogens with two attached hydrogens (primary N) is 1. The molecule has 110 valence electrons. The Morgan fingerprint density at radius 2 is 2.00 bits per heavy atom. The molecule has 3 N–H and O–H groups in total. The highest BCUT2D eigenvalue weighted by molar-refractivity contribution is 9.10. The quantitative estimate of drug-likeness (QED) is 0.835. The van der Waals surface area contributed by atoms with Crippen LogP contribution in [0.1, 0.15) is 18.5 Å². The first kappa shape index (κ1) is 16.0. The van der Waals surface area contributed by atoms with E-state index in [9.17, 15) is 4.79 Å². The van der Waals surface area contributed by atoms with Gasteiger partial charge in [0.15, 0.2) is 6.54 Å². The van der Waals surface area contributed by atoms with Gasteiger partial charge in [0.25, 0.3) is 5.91 Å². The lowest BCUT2D eigenvalue weighted by Gasteiger charge is -2.11. The van der Waals surface area contributed by atoms with Gasteiger partial charge in [-0.05, 0) is 37.3 Å². The summed E-state index contributed by atoms with van der Waals surface area (Å²) in [5.41, 5.74) is 1.94. The maximum Gasteiger partial charge on any atom is 0.279 e. The Hall–Kier alpha value is -1.36. The number of rotatable bonds is 5. The number of hydrogen-bond donors (Lipinski definition) is 2. The second kappa shape index (κ2) is 7.59. The van der Waals surface area contributed by atoms with Crippen molar-refractivity contribution < 1.29 is 10.1 Å². The lowest BCUT2D eigenvalue weighted by atomic mass is 10.1. The Bertz CT molecular complexity index is 616. The van der Waals surface area contributed by atoms with Gasteiger partial charge in [0.1, 0.15) is 6.04 Å². The van der Waals surface area contributed by atoms with Gasteiger partial charge in [-0.15, -0.1) is 0 Å². The second-order valence-corrected chi connectivity index (χ2v) is 6.19. The summed E-state index contributed by atoms with van der Waals surface area (Å²) in [7, 11) is 0. The number of amides is 1. The highest BCUT2D eigenvalue weighted by atomic mass is 79.9. The zero-order chi connectivity index (χ0) is 15.2. The van der Waals surface area contributed by atoms with Crippen LogP contribution in [0.2, 0.25) is 5.02 Å². The molecule has 0 bridgehead atoms. The third-order valence-corrected chi connectivity index (χ3v) is 3.91. The van der Waals surface area contributed by atoms with Crippen molar-refractivity contribution in [1.82, 2.24) is 0 Å². The van der Waals surface area contributed by atoms with Gasteiger partial charge in [-0.25, -0.2) is 0 Å². The average molecular weight is 369 g/mol. The molecule has 0 saturated carbocycles. The molecule has 0 aromatic heterocycles. The van der Waals surface area contributed by atoms with Crippen molar-refractivity contribution >= 4 is 39.1 Å². The van der Waals surface area contributed by atoms with Crippen molar-refractivity contribution in [3.05, 3.63) is 63.6 Å². The van der Waals surface area contributed by atoms with Crippen LogP contribution < -0.4 is 10.6 Å². The molecule has 1 atom stereocenters. The molecule has 0 saturated heterocycles. The fourth-order valence-corrected chi connectivity index (χ4v) is 2.49. The topological polar surface area (TPSA) is 45.7 Å². The lowest BCUT2D eigenvalue weighted by molar-refractivity contribution is -0.682. The third kappa shape index (κ3) is 5.16. The van der Waals surface area contributed by atoms with E-state index in [2.05, 4.69) is 28.2 Å². The molecule has 0 fully saturated rings. The second-order valence-electron chi connectivity index (χ2n) is 4.84. The van der Waals surface area contributed by atoms with Gasteiger partial charge in [-0.1, -0.05) is 45.7 Å². The minimum Gasteiger partial charge on any atom is -0.333 e. The number of quaternary nitrogens is 1. The fraction of sp³-hybridized carbons (Fsp3) is 0.188. The van der Waals surface area contributed by atoms with Gasteiger partial charge >= 0.3 is 0 Å². The molecule has 5 heteroatoms. The van der Waals surface area contributed by atoms with Crippen molar-refractivity contribution in [2.24, 2.45) is 0 Å². The molecule has 2 aromatic carbocycles. The highest BCUT2D eigenvalue weighted by Crippen LogP contribution is 2.15. The Kier molecular flexibility index (Phi) is 5.79. The Balaban J connectivity index is 1.84. The van der Waals surface area contributed by atoms with Gasteiger partial charge < -0.3 is 10.6 Å². The molecular formula is C16H17BrClN2O+. The number of benzene rings is 2. The number of hydrogen-bond acceptors (Lipinski definition) is 1. The van der Waals surface area contributed by atoms with Crippen LogP contribution in [0.4, 0.5) is 5.69 Å². The van der Waals surface area contributed by atoms with E-state index in [1.54, 1.807) is 0 Å². The minimum absolute atomic E-state index is 0.0195. The average Bonchev–Trinajstić information content (AvgIpc) is 2.45. The van der Waals surface area contributed by atoms with Gasteiger partial charge in [0.05, 0.1) is 0 Å². The van der Waals surface area contributed by atoms with Crippen LogP contribution in [0, 0.1) is 0 Å². The van der Waals surface area contributed by atoms with Crippen LogP contribution in [-0.2, 0) is 4.79 Å². The van der Waals surface area contributed by atoms with E-state index in [1.165, 1.54) is 0 Å². The van der Waals surface area contributed by atoms with Gasteiger partial charge in [-0.3, -0.25) is 4.79 Å². The third-order valence-electron chi connectivity index (χ3n) is 3.16. The molecule has 0 unspecified atom stereocenters. The van der Waals surface area contributed by atoms with E-state index >= 15 is 0 Å². The molecule has 0 spiro atoms. The molecule has 21 heavy (non-hydrogen) atoms. The van der Waals surface area contributed by atoms with E-state index < -0.39 is 0 Å². The smallest absolute Gasteiger partial charge is 0.279 e. The summed E-state index contributed by atoms with van der Waals surface area (Å²) < 4.78 is 0.943. The number of halogens is 2. The van der Waals surface area contributed by atoms with Crippen molar-refractivity contribution in [3.8, 4) is 0 Å². The largest absolute Gasteiger partial charge is 0.333 e. The van der Waals surface area contributed by atoms with E-state index in [4.69, 9.17) is 11.6 Å². The zero-order valence-corrected chi connectivity index (χ0v) is 14.0. The fourth-order valence-electron chi connectivity index (χ4n) is 1.96. The number of carbonyl (C=O) groups is 1. The molecule has 1 amide bonds. The predicted octanol–water partition coefficient (Wildman–Crippen LogP) is 3.37. The van der Waals surface area contributed by atoms with Crippen molar-refractivity contribution in [1.29, 1.82) is 0 Å². The lowest BCUT2D eigenvalue weighted by Crippen LogP contribution is -2.86. The molecule has 2 aromatic rings. The molecule has 0 heterocycles. The summed E-state index contributed by atoms with van der Waals surface area (Å²) in [5.74, 6) is -0.0195. The monoisotopic (exact) mass is 367 g/mol. The molecule has 3 nitrogen and oxygen atoms in total. The molecule has 0 radical (unpaired) electrons. The number of nitrogens with one attached hydrogen (secondary N) is 1. The Labute approximate surface area is 137 Å². The minimum atomic E-state index is -0.0195. The van der Waals surface area contributed by atoms with Gasteiger partial charge in [-0.2, -0.15) is 0 Å². The van der Waals surface area contributed by atoms with Gasteiger partial charge in [0, 0.05) is 20.7 Å². The van der Waals surface area contributed by atoms with Crippen LogP contribution in [0.25, 0.3) is 0 Å². The molecular weight excluding hydrogens is 352 g/mol. The summed E-state index contributed by atoms with van der Waals surface area (Å²) in [6, 6.07) is 15.4. The Morgan fingerprint density at radius 1 is 1.29 bits per heavy atom. The Morgan fingerprint density at radius 3 is 2.67 bits per heavy atom. The highest BCUT2D eigenvalue weighted by Gasteiger charge is 2.11. The standard InChI is InChI=1S/C16H16BrClN2O/c1-11(12-5-7-14(18)8-6-12)19-10-16(21)20-15-4-2-3-13(17)9-15/h2-9,11,19H,10H2,1H3,(H,20,21)/p+1/t11-/m0/s1. The van der Waals surface area contributed by atoms with Crippen LogP contribution in [-0.4, -0.2) is 12.5 Å². The summed E-state index contributed by atoms with van der Waals surface area (Å²) >= 11 is 9.25. The van der Waals surface area contributed by atoms with Crippen molar-refractivity contribution in [2.75, 3.05) is 11.9 Å². The summed E-state index contributed by atoms with van der Waals surface area (Å²) in [4.78, 5) is 11.9. The van der Waals surface area contributed by atoms with Crippen LogP contribution in [0.3, 0.4) is 0 Å². The van der Waals surface area contributed by atoms with Crippen LogP contribution >= 0.6 is 27.5 Å². The molecule has 0 aliphatic rings. The SMILES string of the molecule is C[C@H]([NH2+]CC(=O)Nc1cccc(Br)c1)c1ccc(Cl)cc1. The summed E-state index contributed by atoms with van der Waals surface area (Å²) in [6.07, 6.45) is 0. The van der Waals surface area contributed by atoms with E-state index in [0.717, 1.165) is 20.7 Å². The maximum atomic E-state index is 11.9. The van der Waals surface area contributed by atoms with Gasteiger partial charge in [0.2, 0.25) is 0 Å². The molecule has 0 aliphatic heterocycles. The molecule has 0 aliphatic carbocycles. The predicted molar refractivity (Wildman–Crippen MR) is 89.4 cm³/mol. The van der Waals surface area contributed by atoms with Crippen molar-refractivity contribution in [3.63, 3.8) is 0 Å². The van der Waals surface area contributed by atoms with E-state index in [1.807, 2.05) is 53.8 Å².